The molecule has 2 rings (SSSR count). The molecule has 0 aromatic heterocycles. The van der Waals surface area contributed by atoms with Gasteiger partial charge in [0, 0.05) is 11.1 Å². The Bertz CT molecular complexity index is 564. The highest BCUT2D eigenvalue weighted by Gasteiger charge is 2.34. The van der Waals surface area contributed by atoms with Gasteiger partial charge in [0.05, 0.1) is 5.56 Å². The number of rotatable bonds is 2. The van der Waals surface area contributed by atoms with Crippen molar-refractivity contribution in [3.63, 3.8) is 0 Å². The van der Waals surface area contributed by atoms with Gasteiger partial charge in [0.1, 0.15) is 0 Å². The minimum atomic E-state index is -4.53. The first kappa shape index (κ1) is 15.2. The van der Waals surface area contributed by atoms with E-state index < -0.39 is 17.5 Å². The third-order valence-electron chi connectivity index (χ3n) is 2.51. The number of carbonyl (C=O) groups is 1. The molecule has 5 heteroatoms. The Balaban J connectivity index is 0.00000180. The van der Waals surface area contributed by atoms with E-state index in [0.29, 0.717) is 0 Å². The molecular formula is C14H10ClF3O. The topological polar surface area (TPSA) is 17.1 Å². The molecule has 0 fully saturated rings. The Morgan fingerprint density at radius 2 is 1.37 bits per heavy atom. The summed E-state index contributed by atoms with van der Waals surface area (Å²) in [7, 11) is 0. The highest BCUT2D eigenvalue weighted by atomic mass is 35.5. The van der Waals surface area contributed by atoms with E-state index in [1.165, 1.54) is 30.3 Å². The van der Waals surface area contributed by atoms with Crippen LogP contribution < -0.4 is 0 Å². The molecular weight excluding hydrogens is 277 g/mol. The molecule has 0 aliphatic rings. The summed E-state index contributed by atoms with van der Waals surface area (Å²) in [5.41, 5.74) is -0.982. The van der Waals surface area contributed by atoms with Crippen molar-refractivity contribution in [1.29, 1.82) is 0 Å². The first-order valence-corrected chi connectivity index (χ1v) is 5.26. The lowest BCUT2D eigenvalue weighted by atomic mass is 9.98. The lowest BCUT2D eigenvalue weighted by molar-refractivity contribution is -0.137. The van der Waals surface area contributed by atoms with Gasteiger partial charge in [-0.15, -0.1) is 12.4 Å². The molecule has 0 atom stereocenters. The monoisotopic (exact) mass is 286 g/mol. The van der Waals surface area contributed by atoms with Crippen LogP contribution in [0.2, 0.25) is 0 Å². The van der Waals surface area contributed by atoms with Crippen LogP contribution in [0, 0.1) is 0 Å². The van der Waals surface area contributed by atoms with Gasteiger partial charge in [-0.1, -0.05) is 48.5 Å². The summed E-state index contributed by atoms with van der Waals surface area (Å²) in [5, 5.41) is 0. The highest BCUT2D eigenvalue weighted by molar-refractivity contribution is 6.10. The minimum Gasteiger partial charge on any atom is -0.289 e. The first-order valence-electron chi connectivity index (χ1n) is 5.26. The number of hydrogen-bond acceptors (Lipinski definition) is 1. The fourth-order valence-electron chi connectivity index (χ4n) is 1.67. The Morgan fingerprint density at radius 3 is 1.95 bits per heavy atom. The molecule has 0 saturated heterocycles. The first-order chi connectivity index (χ1) is 8.50. The Labute approximate surface area is 114 Å². The second-order valence-corrected chi connectivity index (χ2v) is 3.74. The maximum atomic E-state index is 12.8. The Morgan fingerprint density at radius 1 is 0.842 bits per heavy atom. The molecule has 0 amide bonds. The average molecular weight is 287 g/mol. The van der Waals surface area contributed by atoms with Crippen molar-refractivity contribution in [1.82, 2.24) is 0 Å². The normalized spacial score (nSPS) is 10.7. The van der Waals surface area contributed by atoms with Crippen LogP contribution in [0.4, 0.5) is 13.2 Å². The Hall–Kier alpha value is -1.81. The standard InChI is InChI=1S/C14H9F3O.ClH/c15-14(16,17)12-9-5-4-8-11(12)13(18)10-6-2-1-3-7-10;/h1-9H;1H. The van der Waals surface area contributed by atoms with Gasteiger partial charge in [-0.2, -0.15) is 13.2 Å². The van der Waals surface area contributed by atoms with E-state index in [0.717, 1.165) is 6.07 Å². The van der Waals surface area contributed by atoms with E-state index >= 15 is 0 Å². The summed E-state index contributed by atoms with van der Waals surface area (Å²) in [4.78, 5) is 12.0. The second-order valence-electron chi connectivity index (χ2n) is 3.74. The molecule has 0 aliphatic carbocycles. The molecule has 2 aromatic rings. The summed E-state index contributed by atoms with van der Waals surface area (Å²) in [5.74, 6) is -0.622. The van der Waals surface area contributed by atoms with E-state index in [1.807, 2.05) is 0 Å². The van der Waals surface area contributed by atoms with E-state index in [1.54, 1.807) is 18.2 Å². The zero-order valence-electron chi connectivity index (χ0n) is 9.65. The summed E-state index contributed by atoms with van der Waals surface area (Å²) < 4.78 is 38.3. The van der Waals surface area contributed by atoms with Gasteiger partial charge in [-0.3, -0.25) is 4.79 Å². The molecule has 0 heterocycles. The fraction of sp³-hybridized carbons (Fsp3) is 0.0714. The van der Waals surface area contributed by atoms with E-state index in [-0.39, 0.29) is 23.5 Å². The fourth-order valence-corrected chi connectivity index (χ4v) is 1.67. The number of alkyl halides is 3. The molecule has 0 N–H and O–H groups in total. The van der Waals surface area contributed by atoms with Crippen LogP contribution in [-0.4, -0.2) is 5.78 Å². The summed E-state index contributed by atoms with van der Waals surface area (Å²) in [6, 6.07) is 12.7. The van der Waals surface area contributed by atoms with Crippen molar-refractivity contribution in [2.75, 3.05) is 0 Å². The minimum absolute atomic E-state index is 0. The van der Waals surface area contributed by atoms with Crippen molar-refractivity contribution in [3.05, 3.63) is 71.3 Å². The largest absolute Gasteiger partial charge is 0.417 e. The lowest BCUT2D eigenvalue weighted by Gasteiger charge is -2.11. The number of ketones is 1. The molecule has 0 aliphatic heterocycles. The lowest BCUT2D eigenvalue weighted by Crippen LogP contribution is -2.13. The third-order valence-corrected chi connectivity index (χ3v) is 2.51. The van der Waals surface area contributed by atoms with Gasteiger partial charge in [-0.25, -0.2) is 0 Å². The Kier molecular flexibility index (Phi) is 4.72. The van der Waals surface area contributed by atoms with Crippen molar-refractivity contribution in [2.45, 2.75) is 6.18 Å². The van der Waals surface area contributed by atoms with Gasteiger partial charge < -0.3 is 0 Å². The maximum Gasteiger partial charge on any atom is 0.417 e. The van der Waals surface area contributed by atoms with Crippen LogP contribution in [0.25, 0.3) is 0 Å². The van der Waals surface area contributed by atoms with Gasteiger partial charge in [-0.05, 0) is 6.07 Å². The summed E-state index contributed by atoms with van der Waals surface area (Å²) >= 11 is 0. The van der Waals surface area contributed by atoms with Crippen LogP contribution in [0.1, 0.15) is 21.5 Å². The zero-order valence-corrected chi connectivity index (χ0v) is 10.5. The van der Waals surface area contributed by atoms with Gasteiger partial charge in [0.2, 0.25) is 0 Å². The average Bonchev–Trinajstić information content (AvgIpc) is 2.38. The zero-order chi connectivity index (χ0) is 13.2. The number of benzene rings is 2. The van der Waals surface area contributed by atoms with E-state index in [4.69, 9.17) is 0 Å². The highest BCUT2D eigenvalue weighted by Crippen LogP contribution is 2.32. The smallest absolute Gasteiger partial charge is 0.289 e. The van der Waals surface area contributed by atoms with Gasteiger partial charge in [0.15, 0.2) is 5.78 Å². The molecule has 0 spiro atoms. The van der Waals surface area contributed by atoms with Crippen LogP contribution in [0.5, 0.6) is 0 Å². The van der Waals surface area contributed by atoms with Crippen LogP contribution >= 0.6 is 12.4 Å². The summed E-state index contributed by atoms with van der Waals surface area (Å²) in [6.45, 7) is 0. The quantitative estimate of drug-likeness (QED) is 0.750. The molecule has 0 radical (unpaired) electrons. The molecule has 0 unspecified atom stereocenters. The third kappa shape index (κ3) is 3.35. The molecule has 19 heavy (non-hydrogen) atoms. The number of halogens is 4. The summed E-state index contributed by atoms with van der Waals surface area (Å²) in [6.07, 6.45) is -4.53. The van der Waals surface area contributed by atoms with Crippen LogP contribution in [-0.2, 0) is 6.18 Å². The van der Waals surface area contributed by atoms with Crippen LogP contribution in [0.3, 0.4) is 0 Å². The van der Waals surface area contributed by atoms with Crippen molar-refractivity contribution in [3.8, 4) is 0 Å². The maximum absolute atomic E-state index is 12.8. The van der Waals surface area contributed by atoms with Gasteiger partial charge in [0.25, 0.3) is 0 Å². The molecule has 2 aromatic carbocycles. The predicted octanol–water partition coefficient (Wildman–Crippen LogP) is 4.36. The van der Waals surface area contributed by atoms with Gasteiger partial charge >= 0.3 is 6.18 Å². The predicted molar refractivity (Wildman–Crippen MR) is 68.6 cm³/mol. The van der Waals surface area contributed by atoms with Crippen molar-refractivity contribution in [2.24, 2.45) is 0 Å². The second kappa shape index (κ2) is 5.89. The van der Waals surface area contributed by atoms with E-state index in [2.05, 4.69) is 0 Å². The van der Waals surface area contributed by atoms with E-state index in [9.17, 15) is 18.0 Å². The SMILES string of the molecule is Cl.O=C(c1ccccc1)c1ccccc1C(F)(F)F. The van der Waals surface area contributed by atoms with Crippen molar-refractivity contribution >= 4 is 18.2 Å². The van der Waals surface area contributed by atoms with Crippen LogP contribution in [0.15, 0.2) is 54.6 Å². The molecule has 100 valence electrons. The van der Waals surface area contributed by atoms with Crippen molar-refractivity contribution < 1.29 is 18.0 Å². The molecule has 1 nitrogen and oxygen atoms in total. The number of carbonyl (C=O) groups excluding carboxylic acids is 1. The molecule has 0 saturated carbocycles. The number of hydrogen-bond donors (Lipinski definition) is 0. The molecule has 0 bridgehead atoms.